The number of aliphatic hydroxyl groups excluding tert-OH is 2. The van der Waals surface area contributed by atoms with Gasteiger partial charge in [0.2, 0.25) is 0 Å². The quantitative estimate of drug-likeness (QED) is 0.762. The van der Waals surface area contributed by atoms with Crippen LogP contribution in [-0.4, -0.2) is 26.8 Å². The summed E-state index contributed by atoms with van der Waals surface area (Å²) < 4.78 is 0. The first-order valence-corrected chi connectivity index (χ1v) is 6.39. The van der Waals surface area contributed by atoms with Crippen LogP contribution in [0.2, 0.25) is 0 Å². The minimum atomic E-state index is -0.930. The minimum Gasteiger partial charge on any atom is -0.508 e. The molecule has 17 heavy (non-hydrogen) atoms. The summed E-state index contributed by atoms with van der Waals surface area (Å²) in [6, 6.07) is 10.5. The van der Waals surface area contributed by atoms with Crippen molar-refractivity contribution in [1.82, 2.24) is 0 Å². The van der Waals surface area contributed by atoms with E-state index in [0.29, 0.717) is 10.9 Å². The van der Waals surface area contributed by atoms with Crippen LogP contribution in [0, 0.1) is 0 Å². The maximum atomic E-state index is 9.88. The van der Waals surface area contributed by atoms with Crippen molar-refractivity contribution in [3.63, 3.8) is 0 Å². The lowest BCUT2D eigenvalue weighted by Gasteiger charge is -2.16. The molecule has 0 heterocycles. The molecule has 3 N–H and O–H groups in total. The van der Waals surface area contributed by atoms with Gasteiger partial charge in [-0.3, -0.25) is 0 Å². The zero-order valence-corrected chi connectivity index (χ0v) is 10.6. The van der Waals surface area contributed by atoms with Crippen molar-refractivity contribution < 1.29 is 15.3 Å². The Morgan fingerprint density at radius 3 is 2.41 bits per heavy atom. The van der Waals surface area contributed by atoms with Gasteiger partial charge in [-0.15, -0.1) is 0 Å². The second-order valence-electron chi connectivity index (χ2n) is 3.96. The standard InChI is InChI=1S/C13H13BrO3/c14-7-12(16)13(17)9-2-1-8-3-4-11(15)6-10(8)5-9/h1-6,12-13,15-17H,7H2. The molecule has 0 radical (unpaired) electrons. The van der Waals surface area contributed by atoms with Gasteiger partial charge in [-0.05, 0) is 34.5 Å². The molecule has 0 saturated heterocycles. The third kappa shape index (κ3) is 2.60. The summed E-state index contributed by atoms with van der Waals surface area (Å²) in [5.74, 6) is 0.185. The van der Waals surface area contributed by atoms with E-state index >= 15 is 0 Å². The predicted molar refractivity (Wildman–Crippen MR) is 70.4 cm³/mol. The molecule has 2 aromatic rings. The monoisotopic (exact) mass is 296 g/mol. The Morgan fingerprint density at radius 1 is 1.00 bits per heavy atom. The average Bonchev–Trinajstić information content (AvgIpc) is 2.36. The molecular formula is C13H13BrO3. The molecule has 0 fully saturated rings. The summed E-state index contributed by atoms with van der Waals surface area (Å²) in [5.41, 5.74) is 0.634. The van der Waals surface area contributed by atoms with E-state index < -0.39 is 12.2 Å². The van der Waals surface area contributed by atoms with E-state index in [1.807, 2.05) is 12.1 Å². The number of rotatable bonds is 3. The molecule has 0 aliphatic heterocycles. The Hall–Kier alpha value is -1.10. The first-order chi connectivity index (χ1) is 8.11. The summed E-state index contributed by atoms with van der Waals surface area (Å²) >= 11 is 3.12. The molecule has 90 valence electrons. The maximum absolute atomic E-state index is 9.88. The second kappa shape index (κ2) is 5.04. The van der Waals surface area contributed by atoms with Gasteiger partial charge in [0.25, 0.3) is 0 Å². The number of hydrogen-bond acceptors (Lipinski definition) is 3. The summed E-state index contributed by atoms with van der Waals surface area (Å²) in [6.45, 7) is 0. The topological polar surface area (TPSA) is 60.7 Å². The maximum Gasteiger partial charge on any atom is 0.116 e. The number of fused-ring (bicyclic) bond motifs is 1. The molecule has 2 aromatic carbocycles. The van der Waals surface area contributed by atoms with E-state index in [9.17, 15) is 15.3 Å². The lowest BCUT2D eigenvalue weighted by molar-refractivity contribution is 0.0343. The molecule has 3 nitrogen and oxygen atoms in total. The molecular weight excluding hydrogens is 284 g/mol. The van der Waals surface area contributed by atoms with E-state index in [1.54, 1.807) is 24.3 Å². The summed E-state index contributed by atoms with van der Waals surface area (Å²) in [7, 11) is 0. The first-order valence-electron chi connectivity index (χ1n) is 5.26. The predicted octanol–water partition coefficient (Wildman–Crippen LogP) is 2.33. The van der Waals surface area contributed by atoms with Gasteiger partial charge in [0, 0.05) is 5.33 Å². The van der Waals surface area contributed by atoms with Crippen molar-refractivity contribution in [1.29, 1.82) is 0 Å². The highest BCUT2D eigenvalue weighted by Crippen LogP contribution is 2.25. The molecule has 0 aliphatic carbocycles. The van der Waals surface area contributed by atoms with E-state index in [-0.39, 0.29) is 5.75 Å². The van der Waals surface area contributed by atoms with Crippen LogP contribution in [0.1, 0.15) is 11.7 Å². The fourth-order valence-corrected chi connectivity index (χ4v) is 2.10. The van der Waals surface area contributed by atoms with Gasteiger partial charge >= 0.3 is 0 Å². The van der Waals surface area contributed by atoms with Crippen molar-refractivity contribution in [3.05, 3.63) is 42.0 Å². The van der Waals surface area contributed by atoms with Gasteiger partial charge in [0.1, 0.15) is 11.9 Å². The highest BCUT2D eigenvalue weighted by Gasteiger charge is 2.17. The van der Waals surface area contributed by atoms with Crippen LogP contribution in [0.15, 0.2) is 36.4 Å². The Balaban J connectivity index is 2.43. The number of phenolic OH excluding ortho intramolecular Hbond substituents is 1. The number of hydrogen-bond donors (Lipinski definition) is 3. The van der Waals surface area contributed by atoms with Crippen LogP contribution in [0.3, 0.4) is 0 Å². The normalized spacial score (nSPS) is 14.8. The van der Waals surface area contributed by atoms with E-state index in [0.717, 1.165) is 10.8 Å². The molecule has 0 saturated carbocycles. The van der Waals surface area contributed by atoms with Crippen LogP contribution in [0.4, 0.5) is 0 Å². The van der Waals surface area contributed by atoms with Crippen LogP contribution < -0.4 is 0 Å². The van der Waals surface area contributed by atoms with Crippen LogP contribution >= 0.6 is 15.9 Å². The van der Waals surface area contributed by atoms with Crippen LogP contribution in [0.5, 0.6) is 5.75 Å². The number of alkyl halides is 1. The molecule has 4 heteroatoms. The number of phenols is 1. The third-order valence-electron chi connectivity index (χ3n) is 2.71. The Bertz CT molecular complexity index is 527. The van der Waals surface area contributed by atoms with E-state index in [4.69, 9.17) is 0 Å². The smallest absolute Gasteiger partial charge is 0.116 e. The van der Waals surface area contributed by atoms with Gasteiger partial charge in [0.15, 0.2) is 0 Å². The Morgan fingerprint density at radius 2 is 1.71 bits per heavy atom. The van der Waals surface area contributed by atoms with Crippen molar-refractivity contribution in [3.8, 4) is 5.75 Å². The Labute approximate surface area is 107 Å². The number of benzene rings is 2. The van der Waals surface area contributed by atoms with Crippen molar-refractivity contribution in [2.24, 2.45) is 0 Å². The van der Waals surface area contributed by atoms with Crippen LogP contribution in [-0.2, 0) is 0 Å². The number of aromatic hydroxyl groups is 1. The molecule has 0 amide bonds. The van der Waals surface area contributed by atoms with Gasteiger partial charge in [-0.2, -0.15) is 0 Å². The molecule has 0 aliphatic rings. The van der Waals surface area contributed by atoms with E-state index in [2.05, 4.69) is 15.9 Å². The van der Waals surface area contributed by atoms with Gasteiger partial charge in [0.05, 0.1) is 6.10 Å². The van der Waals surface area contributed by atoms with E-state index in [1.165, 1.54) is 0 Å². The van der Waals surface area contributed by atoms with Crippen molar-refractivity contribution in [2.45, 2.75) is 12.2 Å². The molecule has 0 bridgehead atoms. The largest absolute Gasteiger partial charge is 0.508 e. The molecule has 2 unspecified atom stereocenters. The Kier molecular flexibility index (Phi) is 3.66. The minimum absolute atomic E-state index is 0.185. The summed E-state index contributed by atoms with van der Waals surface area (Å²) in [4.78, 5) is 0. The lowest BCUT2D eigenvalue weighted by atomic mass is 10.0. The van der Waals surface area contributed by atoms with Gasteiger partial charge in [-0.1, -0.05) is 34.1 Å². The summed E-state index contributed by atoms with van der Waals surface area (Å²) in [6.07, 6.45) is -1.77. The second-order valence-corrected chi connectivity index (χ2v) is 4.60. The first kappa shape index (κ1) is 12.4. The number of aliphatic hydroxyl groups is 2. The zero-order chi connectivity index (χ0) is 12.4. The van der Waals surface area contributed by atoms with Crippen molar-refractivity contribution >= 4 is 26.7 Å². The van der Waals surface area contributed by atoms with Crippen molar-refractivity contribution in [2.75, 3.05) is 5.33 Å². The van der Waals surface area contributed by atoms with Gasteiger partial charge in [-0.25, -0.2) is 0 Å². The fraction of sp³-hybridized carbons (Fsp3) is 0.231. The van der Waals surface area contributed by atoms with Gasteiger partial charge < -0.3 is 15.3 Å². The lowest BCUT2D eigenvalue weighted by Crippen LogP contribution is -2.19. The highest BCUT2D eigenvalue weighted by atomic mass is 79.9. The average molecular weight is 297 g/mol. The molecule has 2 rings (SSSR count). The van der Waals surface area contributed by atoms with Crippen LogP contribution in [0.25, 0.3) is 10.8 Å². The molecule has 0 spiro atoms. The molecule has 2 atom stereocenters. The zero-order valence-electron chi connectivity index (χ0n) is 9.05. The highest BCUT2D eigenvalue weighted by molar-refractivity contribution is 9.09. The SMILES string of the molecule is Oc1ccc2ccc(C(O)C(O)CBr)cc2c1. The summed E-state index contributed by atoms with van der Waals surface area (Å²) in [5, 5.41) is 31.0. The third-order valence-corrected chi connectivity index (χ3v) is 3.38. The fourth-order valence-electron chi connectivity index (χ4n) is 1.74. The number of halogens is 1. The molecule has 0 aromatic heterocycles.